The van der Waals surface area contributed by atoms with Crippen molar-refractivity contribution in [3.8, 4) is 0 Å². The Bertz CT molecular complexity index is 170. The number of halogens is 2. The predicted molar refractivity (Wildman–Crippen MR) is 35.4 cm³/mol. The number of hydrogen-bond donors (Lipinski definition) is 2. The van der Waals surface area contributed by atoms with Crippen molar-refractivity contribution in [2.75, 3.05) is 0 Å². The average Bonchev–Trinajstić information content (AvgIpc) is 1.88. The van der Waals surface area contributed by atoms with Crippen molar-refractivity contribution in [1.82, 2.24) is 0 Å². The van der Waals surface area contributed by atoms with Crippen molar-refractivity contribution >= 4 is 5.97 Å². The highest BCUT2D eigenvalue weighted by Crippen LogP contribution is 2.19. The van der Waals surface area contributed by atoms with Crippen LogP contribution in [0.15, 0.2) is 12.7 Å². The molecule has 5 heteroatoms. The third-order valence-corrected chi connectivity index (χ3v) is 1.17. The molecular formula is C6H9F2NO2. The molecule has 0 radical (unpaired) electrons. The van der Waals surface area contributed by atoms with Crippen molar-refractivity contribution in [3.05, 3.63) is 12.7 Å². The number of aliphatic carboxylic acids is 1. The van der Waals surface area contributed by atoms with Gasteiger partial charge in [-0.2, -0.15) is 8.78 Å². The summed E-state index contributed by atoms with van der Waals surface area (Å²) >= 11 is 0. The highest BCUT2D eigenvalue weighted by Gasteiger charge is 2.44. The van der Waals surface area contributed by atoms with E-state index in [0.717, 1.165) is 6.08 Å². The molecule has 1 atom stereocenters. The molecule has 0 heterocycles. The van der Waals surface area contributed by atoms with Crippen LogP contribution in [0.1, 0.15) is 6.42 Å². The van der Waals surface area contributed by atoms with Gasteiger partial charge in [0.2, 0.25) is 0 Å². The summed E-state index contributed by atoms with van der Waals surface area (Å²) < 4.78 is 24.7. The van der Waals surface area contributed by atoms with Gasteiger partial charge in [0.05, 0.1) is 6.04 Å². The van der Waals surface area contributed by atoms with Gasteiger partial charge in [-0.1, -0.05) is 6.08 Å². The maximum absolute atomic E-state index is 12.4. The van der Waals surface area contributed by atoms with Gasteiger partial charge in [-0.15, -0.1) is 6.58 Å². The van der Waals surface area contributed by atoms with Crippen LogP contribution in [-0.4, -0.2) is 23.0 Å². The summed E-state index contributed by atoms with van der Waals surface area (Å²) in [7, 11) is 0. The fourth-order valence-corrected chi connectivity index (χ4v) is 0.486. The standard InChI is InChI=1S/C6H9F2NO2/c1-2-3-4(9)6(7,8)5(10)11/h2,4H,1,3,9H2,(H,10,11). The Morgan fingerprint density at radius 3 is 2.55 bits per heavy atom. The van der Waals surface area contributed by atoms with Gasteiger partial charge in [0.1, 0.15) is 0 Å². The Balaban J connectivity index is 4.28. The van der Waals surface area contributed by atoms with E-state index in [-0.39, 0.29) is 6.42 Å². The minimum atomic E-state index is -3.87. The van der Waals surface area contributed by atoms with E-state index < -0.39 is 17.9 Å². The first-order valence-corrected chi connectivity index (χ1v) is 2.90. The second-order valence-electron chi connectivity index (χ2n) is 2.06. The van der Waals surface area contributed by atoms with Crippen LogP contribution in [0.2, 0.25) is 0 Å². The predicted octanol–water partition coefficient (Wildman–Crippen LogP) is 0.610. The molecular weight excluding hydrogens is 156 g/mol. The molecule has 11 heavy (non-hydrogen) atoms. The molecule has 0 aromatic heterocycles. The van der Waals surface area contributed by atoms with E-state index in [1.54, 1.807) is 0 Å². The molecule has 3 nitrogen and oxygen atoms in total. The molecule has 0 aromatic carbocycles. The van der Waals surface area contributed by atoms with Crippen molar-refractivity contribution < 1.29 is 18.7 Å². The molecule has 0 saturated carbocycles. The summed E-state index contributed by atoms with van der Waals surface area (Å²) in [6.45, 7) is 3.17. The number of rotatable bonds is 4. The molecule has 0 spiro atoms. The van der Waals surface area contributed by atoms with Crippen LogP contribution in [-0.2, 0) is 4.79 Å². The molecule has 0 aliphatic carbocycles. The summed E-state index contributed by atoms with van der Waals surface area (Å²) in [6.07, 6.45) is 0.931. The average molecular weight is 165 g/mol. The monoisotopic (exact) mass is 165 g/mol. The van der Waals surface area contributed by atoms with Crippen LogP contribution in [0, 0.1) is 0 Å². The summed E-state index contributed by atoms with van der Waals surface area (Å²) in [6, 6.07) is -1.70. The van der Waals surface area contributed by atoms with Crippen molar-refractivity contribution in [2.24, 2.45) is 5.73 Å². The molecule has 1 unspecified atom stereocenters. The largest absolute Gasteiger partial charge is 0.477 e. The minimum Gasteiger partial charge on any atom is -0.477 e. The lowest BCUT2D eigenvalue weighted by molar-refractivity contribution is -0.167. The fraction of sp³-hybridized carbons (Fsp3) is 0.500. The Hall–Kier alpha value is -0.970. The molecule has 0 rings (SSSR count). The summed E-state index contributed by atoms with van der Waals surface area (Å²) in [5.41, 5.74) is 4.86. The van der Waals surface area contributed by atoms with Crippen LogP contribution in [0.3, 0.4) is 0 Å². The van der Waals surface area contributed by atoms with Gasteiger partial charge in [0.15, 0.2) is 0 Å². The molecule has 0 aliphatic rings. The number of nitrogens with two attached hydrogens (primary N) is 1. The maximum atomic E-state index is 12.4. The molecule has 64 valence electrons. The zero-order valence-electron chi connectivity index (χ0n) is 5.76. The summed E-state index contributed by atoms with van der Waals surface area (Å²) in [4.78, 5) is 9.87. The highest BCUT2D eigenvalue weighted by atomic mass is 19.3. The van der Waals surface area contributed by atoms with Crippen LogP contribution < -0.4 is 5.73 Å². The third kappa shape index (κ3) is 2.27. The molecule has 0 saturated heterocycles. The van der Waals surface area contributed by atoms with E-state index in [1.165, 1.54) is 0 Å². The van der Waals surface area contributed by atoms with Crippen LogP contribution in [0.4, 0.5) is 8.78 Å². The fourth-order valence-electron chi connectivity index (χ4n) is 0.486. The summed E-state index contributed by atoms with van der Waals surface area (Å²) in [5, 5.41) is 7.97. The molecule has 0 aromatic rings. The molecule has 0 fully saturated rings. The van der Waals surface area contributed by atoms with Gasteiger partial charge < -0.3 is 10.8 Å². The second kappa shape index (κ2) is 3.43. The van der Waals surface area contributed by atoms with Gasteiger partial charge >= 0.3 is 11.9 Å². The quantitative estimate of drug-likeness (QED) is 0.600. The van der Waals surface area contributed by atoms with Crippen LogP contribution in [0.5, 0.6) is 0 Å². The van der Waals surface area contributed by atoms with Gasteiger partial charge in [-0.05, 0) is 6.42 Å². The lowest BCUT2D eigenvalue weighted by Gasteiger charge is -2.17. The SMILES string of the molecule is C=CCC(N)C(F)(F)C(=O)O. The normalized spacial score (nSPS) is 14.1. The molecule has 3 N–H and O–H groups in total. The van der Waals surface area contributed by atoms with E-state index in [2.05, 4.69) is 6.58 Å². The van der Waals surface area contributed by atoms with Crippen molar-refractivity contribution in [2.45, 2.75) is 18.4 Å². The molecule has 0 amide bonds. The van der Waals surface area contributed by atoms with E-state index in [1.807, 2.05) is 0 Å². The topological polar surface area (TPSA) is 63.3 Å². The maximum Gasteiger partial charge on any atom is 0.376 e. The van der Waals surface area contributed by atoms with Crippen molar-refractivity contribution in [1.29, 1.82) is 0 Å². The van der Waals surface area contributed by atoms with Gasteiger partial charge in [-0.25, -0.2) is 4.79 Å². The molecule has 0 bridgehead atoms. The Kier molecular flexibility index (Phi) is 3.13. The number of alkyl halides is 2. The van der Waals surface area contributed by atoms with E-state index in [9.17, 15) is 13.6 Å². The number of carboxylic acids is 1. The first-order chi connectivity index (χ1) is 4.92. The Labute approximate surface area is 62.5 Å². The zero-order valence-corrected chi connectivity index (χ0v) is 5.76. The van der Waals surface area contributed by atoms with E-state index in [0.29, 0.717) is 0 Å². The number of hydrogen-bond acceptors (Lipinski definition) is 2. The smallest absolute Gasteiger partial charge is 0.376 e. The lowest BCUT2D eigenvalue weighted by Crippen LogP contribution is -2.46. The first kappa shape index (κ1) is 10.0. The number of carbonyl (C=O) groups is 1. The zero-order chi connectivity index (χ0) is 9.07. The highest BCUT2D eigenvalue weighted by molar-refractivity contribution is 5.76. The van der Waals surface area contributed by atoms with Crippen molar-refractivity contribution in [3.63, 3.8) is 0 Å². The number of carboxylic acid groups (broad SMARTS) is 1. The van der Waals surface area contributed by atoms with E-state index >= 15 is 0 Å². The minimum absolute atomic E-state index is 0.223. The molecule has 0 aliphatic heterocycles. The second-order valence-corrected chi connectivity index (χ2v) is 2.06. The Morgan fingerprint density at radius 2 is 2.27 bits per heavy atom. The lowest BCUT2D eigenvalue weighted by atomic mass is 10.1. The third-order valence-electron chi connectivity index (χ3n) is 1.17. The van der Waals surface area contributed by atoms with Gasteiger partial charge in [-0.3, -0.25) is 0 Å². The van der Waals surface area contributed by atoms with Gasteiger partial charge in [0.25, 0.3) is 0 Å². The van der Waals surface area contributed by atoms with Gasteiger partial charge in [0, 0.05) is 0 Å². The van der Waals surface area contributed by atoms with Crippen LogP contribution in [0.25, 0.3) is 0 Å². The Morgan fingerprint density at radius 1 is 1.82 bits per heavy atom. The van der Waals surface area contributed by atoms with Crippen LogP contribution >= 0.6 is 0 Å². The summed E-state index contributed by atoms with van der Waals surface area (Å²) in [5.74, 6) is -6.07. The first-order valence-electron chi connectivity index (χ1n) is 2.90. The van der Waals surface area contributed by atoms with E-state index in [4.69, 9.17) is 10.8 Å².